The van der Waals surface area contributed by atoms with Gasteiger partial charge in [0.05, 0.1) is 9.26 Å². The topological polar surface area (TPSA) is 25.8 Å². The summed E-state index contributed by atoms with van der Waals surface area (Å²) in [6.45, 7) is 4.17. The van der Waals surface area contributed by atoms with Gasteiger partial charge in [0.15, 0.2) is 0 Å². The summed E-state index contributed by atoms with van der Waals surface area (Å²) in [5.41, 5.74) is 1.02. The Bertz CT molecular complexity index is 263. The van der Waals surface area contributed by atoms with Gasteiger partial charge in [0, 0.05) is 0 Å². The minimum absolute atomic E-state index is 0.405. The molecule has 1 aromatic rings. The van der Waals surface area contributed by atoms with E-state index in [1.807, 2.05) is 0 Å². The normalized spacial score (nSPS) is 10.6. The van der Waals surface area contributed by atoms with Gasteiger partial charge in [-0.1, -0.05) is 25.4 Å². The fraction of sp³-hybridized carbons (Fsp3) is 0.429. The second-order valence-electron chi connectivity index (χ2n) is 2.52. The van der Waals surface area contributed by atoms with E-state index in [-0.39, 0.29) is 0 Å². The largest absolute Gasteiger partial charge is 0.240 e. The summed E-state index contributed by atoms with van der Waals surface area (Å²) in [5, 5.41) is 0.546. The quantitative estimate of drug-likeness (QED) is 0.585. The van der Waals surface area contributed by atoms with Crippen LogP contribution >= 0.6 is 34.2 Å². The molecule has 1 heterocycles. The first-order valence-electron chi connectivity index (χ1n) is 3.28. The van der Waals surface area contributed by atoms with Crippen molar-refractivity contribution in [2.75, 3.05) is 0 Å². The van der Waals surface area contributed by atoms with E-state index in [1.165, 1.54) is 6.33 Å². The third-order valence-electron chi connectivity index (χ3n) is 1.32. The third kappa shape index (κ3) is 2.02. The molecule has 11 heavy (non-hydrogen) atoms. The monoisotopic (exact) mass is 282 g/mol. The van der Waals surface area contributed by atoms with Crippen molar-refractivity contribution in [1.29, 1.82) is 0 Å². The van der Waals surface area contributed by atoms with Crippen LogP contribution in [0.25, 0.3) is 0 Å². The predicted molar refractivity (Wildman–Crippen MR) is 53.8 cm³/mol. The summed E-state index contributed by atoms with van der Waals surface area (Å²) in [6.07, 6.45) is 1.50. The van der Waals surface area contributed by atoms with E-state index < -0.39 is 0 Å². The molecule has 2 nitrogen and oxygen atoms in total. The average Bonchev–Trinajstić information content (AvgIpc) is 1.94. The lowest BCUT2D eigenvalue weighted by Crippen LogP contribution is -1.98. The maximum atomic E-state index is 5.80. The van der Waals surface area contributed by atoms with E-state index in [2.05, 4.69) is 46.4 Å². The summed E-state index contributed by atoms with van der Waals surface area (Å²) >= 11 is 7.96. The first-order chi connectivity index (χ1) is 5.13. The minimum atomic E-state index is 0.405. The Labute approximate surface area is 84.5 Å². The standard InChI is InChI=1S/C7H8ClIN2/c1-4(2)6-5(9)7(8)11-3-10-6/h3-4H,1-2H3. The van der Waals surface area contributed by atoms with Gasteiger partial charge in [-0.05, 0) is 28.5 Å². The van der Waals surface area contributed by atoms with Gasteiger partial charge in [-0.2, -0.15) is 0 Å². The average molecular weight is 283 g/mol. The second-order valence-corrected chi connectivity index (χ2v) is 3.96. The van der Waals surface area contributed by atoms with Crippen LogP contribution in [0.1, 0.15) is 25.5 Å². The van der Waals surface area contributed by atoms with Gasteiger partial charge in [-0.15, -0.1) is 0 Å². The van der Waals surface area contributed by atoms with E-state index >= 15 is 0 Å². The smallest absolute Gasteiger partial charge is 0.146 e. The number of hydrogen-bond acceptors (Lipinski definition) is 2. The molecule has 0 saturated heterocycles. The molecule has 0 fully saturated rings. The molecule has 0 amide bonds. The van der Waals surface area contributed by atoms with Crippen molar-refractivity contribution in [3.8, 4) is 0 Å². The molecule has 0 aliphatic heterocycles. The van der Waals surface area contributed by atoms with Crippen molar-refractivity contribution >= 4 is 34.2 Å². The SMILES string of the molecule is CC(C)c1ncnc(Cl)c1I. The molecule has 0 aromatic carbocycles. The van der Waals surface area contributed by atoms with Crippen LogP contribution in [0.5, 0.6) is 0 Å². The number of aromatic nitrogens is 2. The van der Waals surface area contributed by atoms with Crippen molar-refractivity contribution < 1.29 is 0 Å². The zero-order valence-electron chi connectivity index (χ0n) is 6.31. The Kier molecular flexibility index (Phi) is 3.06. The van der Waals surface area contributed by atoms with Gasteiger partial charge in [0.1, 0.15) is 11.5 Å². The van der Waals surface area contributed by atoms with Crippen molar-refractivity contribution in [2.24, 2.45) is 0 Å². The number of rotatable bonds is 1. The molecular weight excluding hydrogens is 274 g/mol. The van der Waals surface area contributed by atoms with Crippen LogP contribution in [0.4, 0.5) is 0 Å². The number of nitrogens with zero attached hydrogens (tertiary/aromatic N) is 2. The number of hydrogen-bond donors (Lipinski definition) is 0. The van der Waals surface area contributed by atoms with Crippen molar-refractivity contribution in [3.63, 3.8) is 0 Å². The molecule has 0 saturated carbocycles. The van der Waals surface area contributed by atoms with Crippen LogP contribution in [0.3, 0.4) is 0 Å². The lowest BCUT2D eigenvalue weighted by Gasteiger charge is -2.06. The Balaban J connectivity index is 3.17. The second kappa shape index (κ2) is 3.67. The summed E-state index contributed by atoms with van der Waals surface area (Å²) in [7, 11) is 0. The fourth-order valence-corrected chi connectivity index (χ4v) is 1.81. The molecule has 0 spiro atoms. The molecule has 0 N–H and O–H groups in total. The van der Waals surface area contributed by atoms with Crippen LogP contribution < -0.4 is 0 Å². The molecule has 0 aliphatic rings. The Morgan fingerprint density at radius 3 is 2.55 bits per heavy atom. The first kappa shape index (κ1) is 9.19. The Morgan fingerprint density at radius 1 is 1.45 bits per heavy atom. The molecule has 4 heteroatoms. The van der Waals surface area contributed by atoms with Crippen LogP contribution in [0, 0.1) is 3.57 Å². The molecule has 1 aromatic heterocycles. The summed E-state index contributed by atoms with van der Waals surface area (Å²) in [6, 6.07) is 0. The van der Waals surface area contributed by atoms with Gasteiger partial charge in [0.25, 0.3) is 0 Å². The van der Waals surface area contributed by atoms with Crippen LogP contribution in [-0.2, 0) is 0 Å². The van der Waals surface area contributed by atoms with Gasteiger partial charge in [-0.25, -0.2) is 9.97 Å². The third-order valence-corrected chi connectivity index (χ3v) is 2.99. The molecule has 0 bridgehead atoms. The van der Waals surface area contributed by atoms with E-state index in [9.17, 15) is 0 Å². The van der Waals surface area contributed by atoms with E-state index in [0.29, 0.717) is 11.1 Å². The Morgan fingerprint density at radius 2 is 2.09 bits per heavy atom. The highest BCUT2D eigenvalue weighted by Crippen LogP contribution is 2.23. The minimum Gasteiger partial charge on any atom is -0.240 e. The number of halogens is 2. The highest BCUT2D eigenvalue weighted by Gasteiger charge is 2.08. The van der Waals surface area contributed by atoms with Crippen molar-refractivity contribution in [1.82, 2.24) is 9.97 Å². The lowest BCUT2D eigenvalue weighted by molar-refractivity contribution is 0.805. The summed E-state index contributed by atoms with van der Waals surface area (Å²) in [4.78, 5) is 8.00. The maximum Gasteiger partial charge on any atom is 0.146 e. The van der Waals surface area contributed by atoms with E-state index in [4.69, 9.17) is 11.6 Å². The van der Waals surface area contributed by atoms with Gasteiger partial charge < -0.3 is 0 Å². The van der Waals surface area contributed by atoms with Crippen LogP contribution in [0.2, 0.25) is 5.15 Å². The molecule has 1 rings (SSSR count). The lowest BCUT2D eigenvalue weighted by atomic mass is 10.1. The highest BCUT2D eigenvalue weighted by atomic mass is 127. The first-order valence-corrected chi connectivity index (χ1v) is 4.74. The molecule has 60 valence electrons. The van der Waals surface area contributed by atoms with Gasteiger partial charge in [0.2, 0.25) is 0 Å². The molecule has 0 radical (unpaired) electrons. The van der Waals surface area contributed by atoms with Gasteiger partial charge in [-0.3, -0.25) is 0 Å². The maximum absolute atomic E-state index is 5.80. The van der Waals surface area contributed by atoms with Crippen molar-refractivity contribution in [2.45, 2.75) is 19.8 Å². The zero-order chi connectivity index (χ0) is 8.43. The fourth-order valence-electron chi connectivity index (χ4n) is 0.763. The van der Waals surface area contributed by atoms with Crippen molar-refractivity contribution in [3.05, 3.63) is 20.7 Å². The molecular formula is C7H8ClIN2. The van der Waals surface area contributed by atoms with Crippen LogP contribution in [-0.4, -0.2) is 9.97 Å². The van der Waals surface area contributed by atoms with E-state index in [0.717, 1.165) is 9.26 Å². The summed E-state index contributed by atoms with van der Waals surface area (Å²) < 4.78 is 0.960. The molecule has 0 aliphatic carbocycles. The molecule has 0 unspecified atom stereocenters. The molecule has 0 atom stereocenters. The summed E-state index contributed by atoms with van der Waals surface area (Å²) in [5.74, 6) is 0.405. The van der Waals surface area contributed by atoms with Crippen LogP contribution in [0.15, 0.2) is 6.33 Å². The predicted octanol–water partition coefficient (Wildman–Crippen LogP) is 2.86. The van der Waals surface area contributed by atoms with Gasteiger partial charge >= 0.3 is 0 Å². The van der Waals surface area contributed by atoms with E-state index in [1.54, 1.807) is 0 Å². The Hall–Kier alpha value is 0.100. The highest BCUT2D eigenvalue weighted by molar-refractivity contribution is 14.1. The zero-order valence-corrected chi connectivity index (χ0v) is 9.22.